The number of hydrogen-bond donors (Lipinski definition) is 4. The van der Waals surface area contributed by atoms with Crippen LogP contribution in [0.2, 0.25) is 0 Å². The largest absolute Gasteiger partial charge is 0.394 e. The van der Waals surface area contributed by atoms with E-state index in [1.165, 1.54) is 0 Å². The van der Waals surface area contributed by atoms with Crippen LogP contribution in [0.15, 0.2) is 0 Å². The van der Waals surface area contributed by atoms with Crippen molar-refractivity contribution in [1.29, 1.82) is 0 Å². The SMILES string of the molecule is CCCc1nc(NN)c(C)c(NCCCOCCO)n1. The van der Waals surface area contributed by atoms with Crippen LogP contribution in [0.4, 0.5) is 11.6 Å². The molecular formula is C13H25N5O2. The number of aliphatic hydroxyl groups is 1. The third kappa shape index (κ3) is 5.28. The van der Waals surface area contributed by atoms with Crippen LogP contribution in [0.25, 0.3) is 0 Å². The third-order valence-electron chi connectivity index (χ3n) is 2.80. The fourth-order valence-electron chi connectivity index (χ4n) is 1.76. The van der Waals surface area contributed by atoms with Crippen molar-refractivity contribution in [1.82, 2.24) is 9.97 Å². The van der Waals surface area contributed by atoms with Gasteiger partial charge in [0.2, 0.25) is 0 Å². The van der Waals surface area contributed by atoms with Crippen LogP contribution >= 0.6 is 0 Å². The number of rotatable bonds is 10. The van der Waals surface area contributed by atoms with Crippen molar-refractivity contribution in [3.63, 3.8) is 0 Å². The molecule has 0 saturated heterocycles. The lowest BCUT2D eigenvalue weighted by Gasteiger charge is -2.13. The predicted molar refractivity (Wildman–Crippen MR) is 79.6 cm³/mol. The molecule has 0 aliphatic heterocycles. The Balaban J connectivity index is 2.56. The van der Waals surface area contributed by atoms with Gasteiger partial charge in [0.1, 0.15) is 17.5 Å². The van der Waals surface area contributed by atoms with Crippen molar-refractivity contribution in [2.24, 2.45) is 5.84 Å². The summed E-state index contributed by atoms with van der Waals surface area (Å²) in [5.41, 5.74) is 3.52. The highest BCUT2D eigenvalue weighted by atomic mass is 16.5. The molecule has 1 rings (SSSR count). The summed E-state index contributed by atoms with van der Waals surface area (Å²) < 4.78 is 5.20. The molecule has 0 unspecified atom stereocenters. The Morgan fingerprint density at radius 3 is 2.65 bits per heavy atom. The van der Waals surface area contributed by atoms with E-state index in [2.05, 4.69) is 27.6 Å². The van der Waals surface area contributed by atoms with Gasteiger partial charge in [0.25, 0.3) is 0 Å². The van der Waals surface area contributed by atoms with Crippen molar-refractivity contribution >= 4 is 11.6 Å². The molecule has 0 atom stereocenters. The van der Waals surface area contributed by atoms with Crippen LogP contribution in [-0.4, -0.2) is 41.4 Å². The highest BCUT2D eigenvalue weighted by Gasteiger charge is 2.09. The van der Waals surface area contributed by atoms with E-state index in [-0.39, 0.29) is 6.61 Å². The van der Waals surface area contributed by atoms with Crippen molar-refractivity contribution in [2.45, 2.75) is 33.1 Å². The molecule has 7 heteroatoms. The minimum Gasteiger partial charge on any atom is -0.394 e. The topological polar surface area (TPSA) is 105 Å². The summed E-state index contributed by atoms with van der Waals surface area (Å²) in [6.45, 7) is 5.82. The molecule has 0 aliphatic rings. The maximum Gasteiger partial charge on any atom is 0.148 e. The first-order valence-corrected chi connectivity index (χ1v) is 6.99. The van der Waals surface area contributed by atoms with E-state index in [9.17, 15) is 0 Å². The average molecular weight is 283 g/mol. The van der Waals surface area contributed by atoms with Gasteiger partial charge in [-0.25, -0.2) is 15.8 Å². The summed E-state index contributed by atoms with van der Waals surface area (Å²) in [7, 11) is 0. The zero-order chi connectivity index (χ0) is 14.8. The molecule has 0 saturated carbocycles. The highest BCUT2D eigenvalue weighted by molar-refractivity contribution is 5.56. The summed E-state index contributed by atoms with van der Waals surface area (Å²) >= 11 is 0. The number of aryl methyl sites for hydroxylation is 1. The van der Waals surface area contributed by atoms with Gasteiger partial charge >= 0.3 is 0 Å². The van der Waals surface area contributed by atoms with Crippen molar-refractivity contribution in [3.05, 3.63) is 11.4 Å². The van der Waals surface area contributed by atoms with Gasteiger partial charge < -0.3 is 20.6 Å². The van der Waals surface area contributed by atoms with E-state index >= 15 is 0 Å². The van der Waals surface area contributed by atoms with Gasteiger partial charge in [-0.05, 0) is 19.8 Å². The second kappa shape index (κ2) is 9.46. The molecule has 0 fully saturated rings. The molecule has 20 heavy (non-hydrogen) atoms. The molecule has 1 heterocycles. The molecule has 0 aromatic carbocycles. The first-order valence-electron chi connectivity index (χ1n) is 6.99. The molecule has 114 valence electrons. The zero-order valence-electron chi connectivity index (χ0n) is 12.3. The summed E-state index contributed by atoms with van der Waals surface area (Å²) in [6.07, 6.45) is 2.66. The van der Waals surface area contributed by atoms with Crippen LogP contribution in [0.1, 0.15) is 31.2 Å². The Morgan fingerprint density at radius 2 is 2.00 bits per heavy atom. The molecule has 0 bridgehead atoms. The van der Waals surface area contributed by atoms with Crippen LogP contribution in [-0.2, 0) is 11.2 Å². The number of hydrazine groups is 1. The van der Waals surface area contributed by atoms with E-state index in [1.807, 2.05) is 6.92 Å². The second-order valence-corrected chi connectivity index (χ2v) is 4.47. The molecule has 1 aromatic rings. The quantitative estimate of drug-likeness (QED) is 0.286. The van der Waals surface area contributed by atoms with Gasteiger partial charge in [-0.3, -0.25) is 0 Å². The Kier molecular flexibility index (Phi) is 7.86. The fourth-order valence-corrected chi connectivity index (χ4v) is 1.76. The number of nitrogens with one attached hydrogen (secondary N) is 2. The van der Waals surface area contributed by atoms with Crippen molar-refractivity contribution < 1.29 is 9.84 Å². The number of nitrogen functional groups attached to an aromatic ring is 1. The number of aliphatic hydroxyl groups excluding tert-OH is 1. The van der Waals surface area contributed by atoms with E-state index in [1.54, 1.807) is 0 Å². The molecule has 1 aromatic heterocycles. The average Bonchev–Trinajstić information content (AvgIpc) is 2.45. The molecular weight excluding hydrogens is 258 g/mol. The van der Waals surface area contributed by atoms with Crippen LogP contribution < -0.4 is 16.6 Å². The van der Waals surface area contributed by atoms with E-state index in [0.29, 0.717) is 19.0 Å². The number of nitrogens with zero attached hydrogens (tertiary/aromatic N) is 2. The van der Waals surface area contributed by atoms with Gasteiger partial charge in [0.05, 0.1) is 13.2 Å². The fraction of sp³-hybridized carbons (Fsp3) is 0.692. The van der Waals surface area contributed by atoms with Crippen molar-refractivity contribution in [2.75, 3.05) is 37.1 Å². The summed E-state index contributed by atoms with van der Waals surface area (Å²) in [5, 5.41) is 11.9. The molecule has 7 nitrogen and oxygen atoms in total. The third-order valence-corrected chi connectivity index (χ3v) is 2.80. The van der Waals surface area contributed by atoms with Crippen LogP contribution in [0, 0.1) is 6.92 Å². The Morgan fingerprint density at radius 1 is 1.25 bits per heavy atom. The number of anilines is 2. The van der Waals surface area contributed by atoms with E-state index in [0.717, 1.165) is 43.0 Å². The first kappa shape index (κ1) is 16.6. The summed E-state index contributed by atoms with van der Waals surface area (Å²) in [6, 6.07) is 0. The maximum atomic E-state index is 8.60. The van der Waals surface area contributed by atoms with Crippen molar-refractivity contribution in [3.8, 4) is 0 Å². The monoisotopic (exact) mass is 283 g/mol. The minimum absolute atomic E-state index is 0.0599. The summed E-state index contributed by atoms with van der Waals surface area (Å²) in [4.78, 5) is 8.88. The standard InChI is InChI=1S/C13H25N5O2/c1-3-5-11-16-12(10(2)13(17-11)18-14)15-6-4-8-20-9-7-19/h19H,3-9,14H2,1-2H3,(H2,15,16,17,18). The smallest absolute Gasteiger partial charge is 0.148 e. The lowest BCUT2D eigenvalue weighted by atomic mass is 10.2. The summed E-state index contributed by atoms with van der Waals surface area (Å²) in [5.74, 6) is 7.72. The number of nitrogens with two attached hydrogens (primary N) is 1. The van der Waals surface area contributed by atoms with E-state index in [4.69, 9.17) is 15.7 Å². The number of aromatic nitrogens is 2. The first-order chi connectivity index (χ1) is 9.72. The van der Waals surface area contributed by atoms with Gasteiger partial charge in [-0.1, -0.05) is 6.92 Å². The molecule has 0 spiro atoms. The van der Waals surface area contributed by atoms with Gasteiger partial charge in [0.15, 0.2) is 0 Å². The maximum absolute atomic E-state index is 8.60. The minimum atomic E-state index is 0.0599. The zero-order valence-corrected chi connectivity index (χ0v) is 12.3. The molecule has 0 aliphatic carbocycles. The molecule has 5 N–H and O–H groups in total. The number of hydrogen-bond acceptors (Lipinski definition) is 7. The normalized spacial score (nSPS) is 10.6. The number of ether oxygens (including phenoxy) is 1. The van der Waals surface area contributed by atoms with Gasteiger partial charge in [0, 0.05) is 25.1 Å². The molecule has 0 amide bonds. The predicted octanol–water partition coefficient (Wildman–Crippen LogP) is 0.834. The van der Waals surface area contributed by atoms with Gasteiger partial charge in [-0.15, -0.1) is 0 Å². The lowest BCUT2D eigenvalue weighted by molar-refractivity contribution is 0.0922. The Labute approximate surface area is 119 Å². The van der Waals surface area contributed by atoms with Gasteiger partial charge in [-0.2, -0.15) is 0 Å². The Hall–Kier alpha value is -1.44. The Bertz CT molecular complexity index is 401. The van der Waals surface area contributed by atoms with Crippen LogP contribution in [0.5, 0.6) is 0 Å². The highest BCUT2D eigenvalue weighted by Crippen LogP contribution is 2.19. The van der Waals surface area contributed by atoms with Crippen LogP contribution in [0.3, 0.4) is 0 Å². The second-order valence-electron chi connectivity index (χ2n) is 4.47. The van der Waals surface area contributed by atoms with E-state index < -0.39 is 0 Å². The molecule has 0 radical (unpaired) electrons. The lowest BCUT2D eigenvalue weighted by Crippen LogP contribution is -2.16.